The Hall–Kier alpha value is 0.883. The minimum atomic E-state index is -0.0142. The quantitative estimate of drug-likeness (QED) is 0.224. The Balaban J connectivity index is 2.85. The molecular weight excluding hydrogens is 401 g/mol. The van der Waals surface area contributed by atoms with Crippen molar-refractivity contribution in [3.63, 3.8) is 0 Å². The monoisotopic (exact) mass is 435 g/mol. The third-order valence-corrected chi connectivity index (χ3v) is 8.26. The Morgan fingerprint density at radius 2 is 0.824 bits per heavy atom. The third kappa shape index (κ3) is 16.9. The van der Waals surface area contributed by atoms with Gasteiger partial charge in [-0.3, -0.25) is 0 Å². The van der Waals surface area contributed by atoms with Crippen LogP contribution in [-0.4, -0.2) is 23.2 Å². The van der Waals surface area contributed by atoms with Crippen molar-refractivity contribution in [2.24, 2.45) is 0 Å². The normalized spacial score (nSPS) is 10.9. The second kappa shape index (κ2) is 16.9. The van der Waals surface area contributed by atoms with E-state index in [-0.39, 0.29) is 23.2 Å². The molecule has 0 saturated carbocycles. The first-order valence-electron chi connectivity index (χ1n) is 8.05. The van der Waals surface area contributed by atoms with Crippen molar-refractivity contribution in [2.45, 2.75) is 99.2 Å². The van der Waals surface area contributed by atoms with Crippen LogP contribution in [0, 0.1) is 0 Å². The van der Waals surface area contributed by atoms with E-state index in [1.807, 2.05) is 0 Å². The SMILES string of the molecule is CCCCCCC[CH2][Bi+][CH2]CCCCCCC. The Labute approximate surface area is 122 Å². The molecule has 0 atom stereocenters. The number of hydrogen-bond acceptors (Lipinski definition) is 0. The summed E-state index contributed by atoms with van der Waals surface area (Å²) in [7, 11) is 0. The molecule has 2 radical (unpaired) electrons. The first-order valence-corrected chi connectivity index (χ1v) is 13.0. The van der Waals surface area contributed by atoms with Crippen LogP contribution >= 0.6 is 0 Å². The van der Waals surface area contributed by atoms with E-state index in [9.17, 15) is 0 Å². The van der Waals surface area contributed by atoms with Crippen LogP contribution in [0.1, 0.15) is 90.9 Å². The van der Waals surface area contributed by atoms with Gasteiger partial charge in [-0.25, -0.2) is 0 Å². The van der Waals surface area contributed by atoms with Crippen LogP contribution in [0.3, 0.4) is 0 Å². The van der Waals surface area contributed by atoms with E-state index >= 15 is 0 Å². The van der Waals surface area contributed by atoms with Gasteiger partial charge >= 0.3 is 122 Å². The summed E-state index contributed by atoms with van der Waals surface area (Å²) in [6, 6.07) is 0. The van der Waals surface area contributed by atoms with Crippen LogP contribution in [-0.2, 0) is 0 Å². The zero-order valence-electron chi connectivity index (χ0n) is 12.3. The van der Waals surface area contributed by atoms with Gasteiger partial charge in [0.25, 0.3) is 0 Å². The fourth-order valence-corrected chi connectivity index (χ4v) is 6.47. The average molecular weight is 435 g/mol. The topological polar surface area (TPSA) is 0 Å². The summed E-state index contributed by atoms with van der Waals surface area (Å²) in [6.07, 6.45) is 17.9. The van der Waals surface area contributed by atoms with Gasteiger partial charge in [-0.2, -0.15) is 0 Å². The first-order chi connectivity index (χ1) is 8.41. The molecule has 0 aliphatic rings. The molecule has 0 N–H and O–H groups in total. The summed E-state index contributed by atoms with van der Waals surface area (Å²) in [6.45, 7) is 4.60. The molecule has 0 nitrogen and oxygen atoms in total. The average Bonchev–Trinajstić information content (AvgIpc) is 2.35. The van der Waals surface area contributed by atoms with Crippen LogP contribution in [0.15, 0.2) is 0 Å². The van der Waals surface area contributed by atoms with Gasteiger partial charge in [0.05, 0.1) is 0 Å². The van der Waals surface area contributed by atoms with Crippen molar-refractivity contribution >= 4 is 23.2 Å². The van der Waals surface area contributed by atoms with Gasteiger partial charge in [0.1, 0.15) is 0 Å². The molecule has 0 aliphatic heterocycles. The molecule has 0 rings (SSSR count). The second-order valence-electron chi connectivity index (χ2n) is 5.21. The van der Waals surface area contributed by atoms with Crippen molar-refractivity contribution in [1.29, 1.82) is 0 Å². The molecule has 0 spiro atoms. The van der Waals surface area contributed by atoms with Crippen molar-refractivity contribution in [1.82, 2.24) is 0 Å². The molecule has 0 bridgehead atoms. The molecule has 0 aromatic heterocycles. The van der Waals surface area contributed by atoms with E-state index in [1.54, 1.807) is 21.1 Å². The van der Waals surface area contributed by atoms with Crippen molar-refractivity contribution < 1.29 is 0 Å². The van der Waals surface area contributed by atoms with Gasteiger partial charge in [0.2, 0.25) is 0 Å². The van der Waals surface area contributed by atoms with Crippen LogP contribution in [0.2, 0.25) is 8.26 Å². The number of rotatable bonds is 14. The van der Waals surface area contributed by atoms with Gasteiger partial charge in [-0.05, 0) is 0 Å². The standard InChI is InChI=1S/2C8H17.Bi/c2*1-3-5-7-8-6-4-2;/h2*1,3-8H2,2H3;/q;;+1. The molecule has 0 fully saturated rings. The Bertz CT molecular complexity index is 109. The summed E-state index contributed by atoms with van der Waals surface area (Å²) >= 11 is -0.0142. The molecule has 0 heterocycles. The van der Waals surface area contributed by atoms with E-state index in [0.29, 0.717) is 0 Å². The van der Waals surface area contributed by atoms with Crippen LogP contribution in [0.25, 0.3) is 0 Å². The molecule has 0 aromatic rings. The van der Waals surface area contributed by atoms with Gasteiger partial charge in [0.15, 0.2) is 0 Å². The fraction of sp³-hybridized carbons (Fsp3) is 1.00. The van der Waals surface area contributed by atoms with Gasteiger partial charge < -0.3 is 0 Å². The van der Waals surface area contributed by atoms with E-state index in [4.69, 9.17) is 0 Å². The van der Waals surface area contributed by atoms with Crippen LogP contribution < -0.4 is 0 Å². The predicted octanol–water partition coefficient (Wildman–Crippen LogP) is 6.25. The fourth-order valence-electron chi connectivity index (χ4n) is 2.12. The maximum absolute atomic E-state index is 2.30. The molecular formula is C16H34Bi+. The Morgan fingerprint density at radius 1 is 0.471 bits per heavy atom. The molecule has 0 aromatic carbocycles. The summed E-state index contributed by atoms with van der Waals surface area (Å²) in [4.78, 5) is 0. The Morgan fingerprint density at radius 3 is 1.24 bits per heavy atom. The van der Waals surface area contributed by atoms with Gasteiger partial charge in [-0.1, -0.05) is 0 Å². The first kappa shape index (κ1) is 17.9. The molecule has 0 amide bonds. The summed E-state index contributed by atoms with van der Waals surface area (Å²) < 4.78 is 3.34. The molecule has 0 aliphatic carbocycles. The van der Waals surface area contributed by atoms with Crippen LogP contribution in [0.4, 0.5) is 0 Å². The zero-order valence-corrected chi connectivity index (χ0v) is 15.8. The summed E-state index contributed by atoms with van der Waals surface area (Å²) in [5.74, 6) is 0. The molecule has 17 heavy (non-hydrogen) atoms. The number of unbranched alkanes of at least 4 members (excludes halogenated alkanes) is 10. The second-order valence-corrected chi connectivity index (χ2v) is 10.4. The zero-order chi connectivity index (χ0) is 12.6. The molecule has 1 heteroatoms. The summed E-state index contributed by atoms with van der Waals surface area (Å²) in [5, 5.41) is 0. The predicted molar refractivity (Wildman–Crippen MR) is 82.1 cm³/mol. The van der Waals surface area contributed by atoms with Crippen LogP contribution in [0.5, 0.6) is 0 Å². The van der Waals surface area contributed by atoms with Crippen molar-refractivity contribution in [2.75, 3.05) is 0 Å². The van der Waals surface area contributed by atoms with E-state index in [2.05, 4.69) is 13.8 Å². The van der Waals surface area contributed by atoms with Crippen molar-refractivity contribution in [3.8, 4) is 0 Å². The third-order valence-electron chi connectivity index (χ3n) is 3.34. The molecule has 102 valence electrons. The summed E-state index contributed by atoms with van der Waals surface area (Å²) in [5.41, 5.74) is 0. The Kier molecular flexibility index (Phi) is 17.8. The molecule has 0 unspecified atom stereocenters. The maximum atomic E-state index is 2.30. The molecule has 0 saturated heterocycles. The van der Waals surface area contributed by atoms with E-state index in [1.165, 1.54) is 64.2 Å². The van der Waals surface area contributed by atoms with Gasteiger partial charge in [0, 0.05) is 0 Å². The van der Waals surface area contributed by atoms with E-state index < -0.39 is 0 Å². The van der Waals surface area contributed by atoms with Gasteiger partial charge in [-0.15, -0.1) is 0 Å². The number of hydrogen-bond donors (Lipinski definition) is 0. The minimum absolute atomic E-state index is 0.0142. The van der Waals surface area contributed by atoms with E-state index in [0.717, 1.165) is 0 Å². The van der Waals surface area contributed by atoms with Crippen molar-refractivity contribution in [3.05, 3.63) is 0 Å².